The third kappa shape index (κ3) is 4.07. The van der Waals surface area contributed by atoms with Gasteiger partial charge < -0.3 is 5.32 Å². The van der Waals surface area contributed by atoms with Gasteiger partial charge in [0.25, 0.3) is 0 Å². The SMILES string of the molecule is Cc1cc(C)cc(C2CCCC2CNC(C)(C)C)c1. The standard InChI is InChI=1S/C18H29N/c1-13-9-14(2)11-16(10-13)17-8-6-7-15(17)12-19-18(3,4)5/h9-11,15,17,19H,6-8,12H2,1-5H3. The van der Waals surface area contributed by atoms with Gasteiger partial charge in [-0.15, -0.1) is 0 Å². The topological polar surface area (TPSA) is 12.0 Å². The maximum Gasteiger partial charge on any atom is 0.00966 e. The summed E-state index contributed by atoms with van der Waals surface area (Å²) in [7, 11) is 0. The summed E-state index contributed by atoms with van der Waals surface area (Å²) in [4.78, 5) is 0. The summed E-state index contributed by atoms with van der Waals surface area (Å²) in [6, 6.07) is 7.07. The van der Waals surface area contributed by atoms with Crippen molar-refractivity contribution in [3.05, 3.63) is 34.9 Å². The van der Waals surface area contributed by atoms with Crippen LogP contribution in [0.15, 0.2) is 18.2 Å². The zero-order valence-electron chi connectivity index (χ0n) is 13.2. The molecular formula is C18H29N. The molecule has 19 heavy (non-hydrogen) atoms. The third-order valence-electron chi connectivity index (χ3n) is 4.23. The van der Waals surface area contributed by atoms with Crippen molar-refractivity contribution in [2.24, 2.45) is 5.92 Å². The van der Waals surface area contributed by atoms with Gasteiger partial charge in [-0.3, -0.25) is 0 Å². The minimum absolute atomic E-state index is 0.232. The number of rotatable bonds is 3. The van der Waals surface area contributed by atoms with Crippen LogP contribution < -0.4 is 5.32 Å². The molecule has 0 radical (unpaired) electrons. The molecule has 0 amide bonds. The number of hydrogen-bond donors (Lipinski definition) is 1. The van der Waals surface area contributed by atoms with Crippen LogP contribution in [0.1, 0.15) is 62.6 Å². The Morgan fingerprint density at radius 1 is 1.05 bits per heavy atom. The van der Waals surface area contributed by atoms with Crippen molar-refractivity contribution in [3.63, 3.8) is 0 Å². The summed E-state index contributed by atoms with van der Waals surface area (Å²) in [5.74, 6) is 1.56. The molecule has 0 spiro atoms. The fourth-order valence-electron chi connectivity index (χ4n) is 3.38. The minimum atomic E-state index is 0.232. The number of nitrogens with one attached hydrogen (secondary N) is 1. The average molecular weight is 259 g/mol. The van der Waals surface area contributed by atoms with Crippen molar-refractivity contribution < 1.29 is 0 Å². The maximum atomic E-state index is 3.69. The zero-order valence-corrected chi connectivity index (χ0v) is 13.2. The van der Waals surface area contributed by atoms with Crippen molar-refractivity contribution in [2.75, 3.05) is 6.54 Å². The molecule has 0 heterocycles. The monoisotopic (exact) mass is 259 g/mol. The fourth-order valence-corrected chi connectivity index (χ4v) is 3.38. The fraction of sp³-hybridized carbons (Fsp3) is 0.667. The largest absolute Gasteiger partial charge is 0.312 e. The van der Waals surface area contributed by atoms with E-state index in [-0.39, 0.29) is 5.54 Å². The smallest absolute Gasteiger partial charge is 0.00966 e. The van der Waals surface area contributed by atoms with Crippen LogP contribution in [-0.2, 0) is 0 Å². The highest BCUT2D eigenvalue weighted by Crippen LogP contribution is 2.40. The summed E-state index contributed by atoms with van der Waals surface area (Å²) in [6.07, 6.45) is 4.12. The highest BCUT2D eigenvalue weighted by Gasteiger charge is 2.29. The van der Waals surface area contributed by atoms with Crippen LogP contribution in [0.2, 0.25) is 0 Å². The highest BCUT2D eigenvalue weighted by atomic mass is 14.9. The molecule has 2 atom stereocenters. The number of benzene rings is 1. The molecule has 1 fully saturated rings. The van der Waals surface area contributed by atoms with Crippen LogP contribution in [0.4, 0.5) is 0 Å². The first-order valence-electron chi connectivity index (χ1n) is 7.68. The predicted molar refractivity (Wildman–Crippen MR) is 83.8 cm³/mol. The van der Waals surface area contributed by atoms with Crippen LogP contribution in [-0.4, -0.2) is 12.1 Å². The second kappa shape index (κ2) is 5.66. The van der Waals surface area contributed by atoms with E-state index in [9.17, 15) is 0 Å². The van der Waals surface area contributed by atoms with Crippen LogP contribution in [0, 0.1) is 19.8 Å². The van der Waals surface area contributed by atoms with E-state index in [4.69, 9.17) is 0 Å². The van der Waals surface area contributed by atoms with Crippen molar-refractivity contribution in [2.45, 2.75) is 65.3 Å². The summed E-state index contributed by atoms with van der Waals surface area (Å²) in [5.41, 5.74) is 4.61. The Kier molecular flexibility index (Phi) is 4.35. The second-order valence-electron chi connectivity index (χ2n) is 7.35. The molecule has 1 heteroatoms. The van der Waals surface area contributed by atoms with Crippen LogP contribution in [0.3, 0.4) is 0 Å². The van der Waals surface area contributed by atoms with E-state index in [0.717, 1.165) is 18.4 Å². The maximum absolute atomic E-state index is 3.69. The average Bonchev–Trinajstić information content (AvgIpc) is 2.72. The van der Waals surface area contributed by atoms with Crippen molar-refractivity contribution >= 4 is 0 Å². The second-order valence-corrected chi connectivity index (χ2v) is 7.35. The molecule has 1 nitrogen and oxygen atoms in total. The molecule has 1 N–H and O–H groups in total. The van der Waals surface area contributed by atoms with Gasteiger partial charge in [-0.2, -0.15) is 0 Å². The van der Waals surface area contributed by atoms with E-state index in [0.29, 0.717) is 0 Å². The van der Waals surface area contributed by atoms with E-state index < -0.39 is 0 Å². The van der Waals surface area contributed by atoms with E-state index in [1.54, 1.807) is 5.56 Å². The Bertz CT molecular complexity index is 408. The lowest BCUT2D eigenvalue weighted by atomic mass is 9.87. The van der Waals surface area contributed by atoms with Gasteiger partial charge >= 0.3 is 0 Å². The molecule has 1 aromatic carbocycles. The molecule has 1 aliphatic rings. The molecule has 106 valence electrons. The zero-order chi connectivity index (χ0) is 14.0. The molecule has 1 aromatic rings. The summed E-state index contributed by atoms with van der Waals surface area (Å²) in [5, 5.41) is 3.69. The predicted octanol–water partition coefficient (Wildman–Crippen LogP) is 4.58. The molecule has 1 saturated carbocycles. The van der Waals surface area contributed by atoms with Crippen LogP contribution in [0.5, 0.6) is 0 Å². The van der Waals surface area contributed by atoms with E-state index in [2.05, 4.69) is 58.1 Å². The van der Waals surface area contributed by atoms with Crippen LogP contribution >= 0.6 is 0 Å². The van der Waals surface area contributed by atoms with Gasteiger partial charge in [-0.1, -0.05) is 35.7 Å². The highest BCUT2D eigenvalue weighted by molar-refractivity contribution is 5.32. The lowest BCUT2D eigenvalue weighted by Gasteiger charge is -2.27. The third-order valence-corrected chi connectivity index (χ3v) is 4.23. The molecule has 0 saturated heterocycles. The first kappa shape index (κ1) is 14.6. The number of hydrogen-bond acceptors (Lipinski definition) is 1. The Labute approximate surface area is 118 Å². The molecular weight excluding hydrogens is 230 g/mol. The summed E-state index contributed by atoms with van der Waals surface area (Å²) in [6.45, 7) is 12.4. The molecule has 0 aliphatic heterocycles. The van der Waals surface area contributed by atoms with Crippen molar-refractivity contribution in [1.82, 2.24) is 5.32 Å². The van der Waals surface area contributed by atoms with E-state index in [1.165, 1.54) is 30.4 Å². The number of aryl methyl sites for hydroxylation is 2. The van der Waals surface area contributed by atoms with Gasteiger partial charge in [-0.25, -0.2) is 0 Å². The lowest BCUT2D eigenvalue weighted by molar-refractivity contribution is 0.356. The summed E-state index contributed by atoms with van der Waals surface area (Å²) >= 11 is 0. The van der Waals surface area contributed by atoms with Gasteiger partial charge in [0.05, 0.1) is 0 Å². The van der Waals surface area contributed by atoms with Gasteiger partial charge in [-0.05, 0) is 71.4 Å². The molecule has 2 rings (SSSR count). The molecule has 0 bridgehead atoms. The Morgan fingerprint density at radius 2 is 1.68 bits per heavy atom. The molecule has 0 aromatic heterocycles. The first-order valence-corrected chi connectivity index (χ1v) is 7.68. The Hall–Kier alpha value is -0.820. The van der Waals surface area contributed by atoms with Gasteiger partial charge in [0.1, 0.15) is 0 Å². The van der Waals surface area contributed by atoms with Crippen LogP contribution in [0.25, 0.3) is 0 Å². The molecule has 1 aliphatic carbocycles. The molecule has 2 unspecified atom stereocenters. The van der Waals surface area contributed by atoms with E-state index in [1.807, 2.05) is 0 Å². The van der Waals surface area contributed by atoms with Gasteiger partial charge in [0, 0.05) is 5.54 Å². The Morgan fingerprint density at radius 3 is 2.26 bits per heavy atom. The first-order chi connectivity index (χ1) is 8.85. The van der Waals surface area contributed by atoms with E-state index >= 15 is 0 Å². The van der Waals surface area contributed by atoms with Crippen molar-refractivity contribution in [3.8, 4) is 0 Å². The summed E-state index contributed by atoms with van der Waals surface area (Å²) < 4.78 is 0. The quantitative estimate of drug-likeness (QED) is 0.838. The van der Waals surface area contributed by atoms with Crippen molar-refractivity contribution in [1.29, 1.82) is 0 Å². The minimum Gasteiger partial charge on any atom is -0.312 e. The lowest BCUT2D eigenvalue weighted by Crippen LogP contribution is -2.39. The Balaban J connectivity index is 2.09. The van der Waals surface area contributed by atoms with Gasteiger partial charge in [0.15, 0.2) is 0 Å². The normalized spacial score (nSPS) is 23.8. The van der Waals surface area contributed by atoms with Gasteiger partial charge in [0.2, 0.25) is 0 Å².